The summed E-state index contributed by atoms with van der Waals surface area (Å²) in [6.07, 6.45) is 2.91. The van der Waals surface area contributed by atoms with Crippen molar-refractivity contribution in [3.8, 4) is 0 Å². The van der Waals surface area contributed by atoms with E-state index < -0.39 is 0 Å². The maximum atomic E-state index is 5.89. The van der Waals surface area contributed by atoms with E-state index in [9.17, 15) is 0 Å². The van der Waals surface area contributed by atoms with Crippen LogP contribution in [0.1, 0.15) is 0 Å². The van der Waals surface area contributed by atoms with E-state index >= 15 is 0 Å². The van der Waals surface area contributed by atoms with Crippen molar-refractivity contribution in [3.05, 3.63) is 140 Å². The van der Waals surface area contributed by atoms with E-state index in [2.05, 4.69) is 36.3 Å². The zero-order chi connectivity index (χ0) is 24.4. The molecule has 0 fully saturated rings. The van der Waals surface area contributed by atoms with Crippen LogP contribution in [0.5, 0.6) is 0 Å². The van der Waals surface area contributed by atoms with Crippen molar-refractivity contribution >= 4 is 30.5 Å². The predicted molar refractivity (Wildman–Crippen MR) is 148 cm³/mol. The number of nitrogens with zero attached hydrogens (tertiary/aromatic N) is 7. The SMILES string of the molecule is Cl.Cl.Nc1cccccccccccccccccnn(N)[nH]nnnnncccccc1. The Morgan fingerprint density at radius 2 is 0.944 bits per heavy atom. The van der Waals surface area contributed by atoms with Crippen molar-refractivity contribution in [2.24, 2.45) is 0 Å². The molecule has 1 aromatic rings. The smallest absolute Gasteiger partial charge is 0.0514 e. The third-order valence-electron chi connectivity index (χ3n) is 3.22. The zero-order valence-electron chi connectivity index (χ0n) is 19.4. The molecule has 0 radical (unpaired) electrons. The number of rotatable bonds is 0. The molecule has 5 N–H and O–H groups in total. The summed E-state index contributed by atoms with van der Waals surface area (Å²) in [7, 11) is 0. The summed E-state index contributed by atoms with van der Waals surface area (Å²) in [4.78, 5) is 0.856. The number of anilines is 1. The van der Waals surface area contributed by atoms with Gasteiger partial charge in [-0.3, -0.25) is 0 Å². The monoisotopic (exact) mass is 528 g/mol. The van der Waals surface area contributed by atoms with Crippen molar-refractivity contribution in [1.82, 2.24) is 41.2 Å². The second-order valence-electron chi connectivity index (χ2n) is 5.83. The third-order valence-corrected chi connectivity index (χ3v) is 3.22. The lowest BCUT2D eigenvalue weighted by Gasteiger charge is -1.85. The lowest BCUT2D eigenvalue weighted by Crippen LogP contribution is -2.15. The minimum atomic E-state index is 0. The average Bonchev–Trinajstić information content (AvgIpc) is 2.83. The molecule has 0 spiro atoms. The summed E-state index contributed by atoms with van der Waals surface area (Å²) in [6, 6.07) is 39.0. The highest BCUT2D eigenvalue weighted by Gasteiger charge is 1.69. The van der Waals surface area contributed by atoms with Crippen molar-refractivity contribution in [2.45, 2.75) is 0 Å². The molecule has 10 nitrogen and oxygen atoms in total. The third kappa shape index (κ3) is 24.1. The number of aromatic amines is 1. The molecule has 36 heavy (non-hydrogen) atoms. The summed E-state index contributed by atoms with van der Waals surface area (Å²) < 4.78 is 0. The Hall–Kier alpha value is -4.54. The first kappa shape index (κ1) is 33.6. The van der Waals surface area contributed by atoms with Gasteiger partial charge in [-0.25, -0.2) is 0 Å². The maximum absolute atomic E-state index is 5.89. The lowest BCUT2D eigenvalue weighted by molar-refractivity contribution is 0.569. The number of H-pyrrole nitrogens is 1. The Bertz CT molecular complexity index is 1050. The Kier molecular flexibility index (Phi) is 25.0. The molecule has 1 rings (SSSR count). The number of hydrogen-bond acceptors (Lipinski definition) is 8. The van der Waals surface area contributed by atoms with E-state index in [1.54, 1.807) is 48.5 Å². The van der Waals surface area contributed by atoms with E-state index in [-0.39, 0.29) is 24.8 Å². The van der Waals surface area contributed by atoms with Gasteiger partial charge in [-0.1, -0.05) is 108 Å². The van der Waals surface area contributed by atoms with Gasteiger partial charge in [0.1, 0.15) is 0 Å². The van der Waals surface area contributed by atoms with Crippen molar-refractivity contribution in [1.29, 1.82) is 0 Å². The Balaban J connectivity index is 0. The molecule has 1 aromatic heterocycles. The molecule has 0 aliphatic carbocycles. The number of aromatic nitrogens is 8. The molecule has 0 bridgehead atoms. The molecule has 0 aliphatic heterocycles. The predicted octanol–water partition coefficient (Wildman–Crippen LogP) is 4.20. The fraction of sp³-hybridized carbons (Fsp3) is 0. The molecular weight excluding hydrogens is 499 g/mol. The van der Waals surface area contributed by atoms with Crippen LogP contribution < -0.4 is 11.6 Å². The minimum absolute atomic E-state index is 0. The topological polar surface area (TPSA) is 150 Å². The van der Waals surface area contributed by atoms with Gasteiger partial charge in [0.25, 0.3) is 0 Å². The van der Waals surface area contributed by atoms with Crippen LogP contribution in [0.15, 0.2) is 140 Å². The van der Waals surface area contributed by atoms with Gasteiger partial charge in [-0.2, -0.15) is 5.21 Å². The number of nitrogens with one attached hydrogen (secondary N) is 1. The largest absolute Gasteiger partial charge is 0.399 e. The van der Waals surface area contributed by atoms with Gasteiger partial charge in [0.15, 0.2) is 0 Å². The first-order valence-electron chi connectivity index (χ1n) is 10.1. The Labute approximate surface area is 222 Å². The van der Waals surface area contributed by atoms with Crippen molar-refractivity contribution < 1.29 is 0 Å². The summed E-state index contributed by atoms with van der Waals surface area (Å²) >= 11 is 0. The van der Waals surface area contributed by atoms with Crippen LogP contribution in [0.2, 0.25) is 0 Å². The minimum Gasteiger partial charge on any atom is -0.399 e. The molecule has 0 atom stereocenters. The number of nitrogen functional groups attached to an aromatic ring is 2. The van der Waals surface area contributed by atoms with Gasteiger partial charge in [0, 0.05) is 5.69 Å². The molecule has 0 aromatic carbocycles. The van der Waals surface area contributed by atoms with Crippen LogP contribution in [0.3, 0.4) is 0 Å². The van der Waals surface area contributed by atoms with Crippen LogP contribution in [-0.4, -0.2) is 41.2 Å². The molecule has 0 aliphatic rings. The number of halogens is 2. The molecule has 12 heteroatoms. The van der Waals surface area contributed by atoms with Gasteiger partial charge >= 0.3 is 0 Å². The van der Waals surface area contributed by atoms with Crippen molar-refractivity contribution in [2.75, 3.05) is 11.6 Å². The van der Waals surface area contributed by atoms with Gasteiger partial charge in [-0.05, 0) is 45.1 Å². The standard InChI is InChI=1S/C24H28N10.2ClH/c25-24-20-16-12-10-8-6-4-2-1-3-5-7-9-11-14-19-23-28-34(26)33-32-31-30-29-27-22-18-15-13-17-21-24;;/h1-23H,25-26H2,(H,29,31,33);2*1H. The molecule has 0 unspecified atom stereocenters. The summed E-state index contributed by atoms with van der Waals surface area (Å²) in [6.45, 7) is 0. The number of nitrogens with two attached hydrogens (primary N) is 2. The molecule has 0 saturated heterocycles. The highest BCUT2D eigenvalue weighted by molar-refractivity contribution is 5.85. The Morgan fingerprint density at radius 1 is 0.528 bits per heavy atom. The fourth-order valence-electron chi connectivity index (χ4n) is 1.78. The molecule has 190 valence electrons. The second kappa shape index (κ2) is 26.7. The quantitative estimate of drug-likeness (QED) is 0.423. The van der Waals surface area contributed by atoms with Gasteiger partial charge in [0.2, 0.25) is 0 Å². The summed E-state index contributed by atoms with van der Waals surface area (Å²) in [5.41, 5.74) is 6.51. The molecule has 0 amide bonds. The van der Waals surface area contributed by atoms with Crippen LogP contribution >= 0.6 is 24.8 Å². The first-order valence-corrected chi connectivity index (χ1v) is 10.1. The summed E-state index contributed by atoms with van der Waals surface area (Å²) in [5.74, 6) is 5.53. The fourth-order valence-corrected chi connectivity index (χ4v) is 1.78. The average molecular weight is 529 g/mol. The van der Waals surface area contributed by atoms with E-state index in [1.807, 2.05) is 78.9 Å². The van der Waals surface area contributed by atoms with Crippen LogP contribution in [0, 0.1) is 0 Å². The van der Waals surface area contributed by atoms with Gasteiger partial charge in [-0.15, -0.1) is 35.0 Å². The highest BCUT2D eigenvalue weighted by Crippen LogP contribution is 1.92. The lowest BCUT2D eigenvalue weighted by atomic mass is 10.4. The van der Waals surface area contributed by atoms with Crippen molar-refractivity contribution in [3.63, 3.8) is 0 Å². The highest BCUT2D eigenvalue weighted by atomic mass is 35.5. The van der Waals surface area contributed by atoms with E-state index in [0.717, 1.165) is 4.91 Å². The van der Waals surface area contributed by atoms with E-state index in [0.29, 0.717) is 5.69 Å². The maximum Gasteiger partial charge on any atom is 0.0514 e. The Morgan fingerprint density at radius 3 is 1.44 bits per heavy atom. The first-order chi connectivity index (χ1) is 16.8. The molecular formula is C24H30Cl2N10. The molecule has 1 heterocycles. The van der Waals surface area contributed by atoms with E-state index in [4.69, 9.17) is 11.6 Å². The zero-order valence-corrected chi connectivity index (χ0v) is 21.0. The second-order valence-corrected chi connectivity index (χ2v) is 5.83. The molecule has 0 saturated carbocycles. The van der Waals surface area contributed by atoms with Crippen LogP contribution in [0.25, 0.3) is 0 Å². The van der Waals surface area contributed by atoms with Crippen LogP contribution in [-0.2, 0) is 0 Å². The summed E-state index contributed by atoms with van der Waals surface area (Å²) in [5, 5.41) is 23.4. The van der Waals surface area contributed by atoms with Crippen LogP contribution in [0.4, 0.5) is 5.69 Å². The van der Waals surface area contributed by atoms with Gasteiger partial charge in [0.05, 0.1) is 12.4 Å². The van der Waals surface area contributed by atoms with Gasteiger partial charge < -0.3 is 11.6 Å². The normalized spacial score (nSPS) is 7.78. The van der Waals surface area contributed by atoms with E-state index in [1.165, 1.54) is 12.4 Å². The number of hydrogen-bond donors (Lipinski definition) is 3.